The minimum Gasteiger partial charge on any atom is -0.480 e. The number of likely N-dealkylation sites (tertiary alicyclic amines) is 1. The number of hydrogen-bond donors (Lipinski definition) is 3. The van der Waals surface area contributed by atoms with Gasteiger partial charge in [-0.3, -0.25) is 0 Å². The predicted molar refractivity (Wildman–Crippen MR) is 59.0 cm³/mol. The lowest BCUT2D eigenvalue weighted by Gasteiger charge is -2.32. The van der Waals surface area contributed by atoms with Gasteiger partial charge in [-0.05, 0) is 26.7 Å². The highest BCUT2D eigenvalue weighted by molar-refractivity contribution is 5.85. The quantitative estimate of drug-likeness (QED) is 0.620. The van der Waals surface area contributed by atoms with Crippen LogP contribution in [0.2, 0.25) is 0 Å². The Bertz CT molecular complexity index is 283. The van der Waals surface area contributed by atoms with Crippen LogP contribution in [-0.4, -0.2) is 46.7 Å². The Hall–Kier alpha value is -1.30. The Labute approximate surface area is 94.8 Å². The molecule has 0 radical (unpaired) electrons. The van der Waals surface area contributed by atoms with Crippen LogP contribution in [0.4, 0.5) is 4.79 Å². The highest BCUT2D eigenvalue weighted by atomic mass is 16.4. The average molecular weight is 229 g/mol. The van der Waals surface area contributed by atoms with Crippen molar-refractivity contribution in [2.24, 2.45) is 5.73 Å². The Morgan fingerprint density at radius 1 is 1.38 bits per heavy atom. The van der Waals surface area contributed by atoms with Gasteiger partial charge in [0.1, 0.15) is 5.54 Å². The minimum atomic E-state index is -1.24. The number of urea groups is 1. The molecule has 16 heavy (non-hydrogen) atoms. The molecule has 1 aliphatic rings. The number of nitrogens with one attached hydrogen (secondary N) is 1. The molecule has 92 valence electrons. The molecule has 0 aliphatic carbocycles. The maximum absolute atomic E-state index is 11.7. The average Bonchev–Trinajstić information content (AvgIpc) is 2.17. The zero-order valence-corrected chi connectivity index (χ0v) is 9.69. The molecule has 2 amide bonds. The van der Waals surface area contributed by atoms with E-state index >= 15 is 0 Å². The van der Waals surface area contributed by atoms with Crippen LogP contribution in [0.1, 0.15) is 26.7 Å². The molecule has 0 saturated carbocycles. The number of aliphatic carboxylic acids is 1. The molecule has 0 aromatic carbocycles. The molecule has 0 aromatic heterocycles. The first kappa shape index (κ1) is 12.8. The normalized spacial score (nSPS) is 18.3. The van der Waals surface area contributed by atoms with Crippen LogP contribution in [0.15, 0.2) is 0 Å². The van der Waals surface area contributed by atoms with Crippen LogP contribution >= 0.6 is 0 Å². The van der Waals surface area contributed by atoms with Crippen LogP contribution in [-0.2, 0) is 4.79 Å². The van der Waals surface area contributed by atoms with Gasteiger partial charge in [-0.1, -0.05) is 0 Å². The molecule has 0 spiro atoms. The van der Waals surface area contributed by atoms with Gasteiger partial charge >= 0.3 is 12.0 Å². The molecule has 0 unspecified atom stereocenters. The van der Waals surface area contributed by atoms with E-state index in [0.29, 0.717) is 13.1 Å². The first-order chi connectivity index (χ1) is 7.33. The monoisotopic (exact) mass is 229 g/mol. The molecule has 0 atom stereocenters. The molecule has 1 heterocycles. The number of carboxylic acids is 1. The Kier molecular flexibility index (Phi) is 3.74. The zero-order valence-electron chi connectivity index (χ0n) is 9.69. The lowest BCUT2D eigenvalue weighted by atomic mass is 10.1. The van der Waals surface area contributed by atoms with E-state index < -0.39 is 11.5 Å². The molecule has 1 rings (SSSR count). The van der Waals surface area contributed by atoms with E-state index in [1.54, 1.807) is 4.90 Å². The molecule has 4 N–H and O–H groups in total. The summed E-state index contributed by atoms with van der Waals surface area (Å²) in [5, 5.41) is 11.4. The molecule has 1 saturated heterocycles. The number of amides is 2. The third kappa shape index (κ3) is 3.10. The van der Waals surface area contributed by atoms with E-state index in [2.05, 4.69) is 5.32 Å². The van der Waals surface area contributed by atoms with Gasteiger partial charge in [-0.25, -0.2) is 9.59 Å². The fourth-order valence-electron chi connectivity index (χ4n) is 1.50. The maximum atomic E-state index is 11.7. The molecule has 0 bridgehead atoms. The number of hydrogen-bond acceptors (Lipinski definition) is 3. The highest BCUT2D eigenvalue weighted by Gasteiger charge is 2.31. The first-order valence-electron chi connectivity index (χ1n) is 5.39. The largest absolute Gasteiger partial charge is 0.480 e. The summed E-state index contributed by atoms with van der Waals surface area (Å²) < 4.78 is 0. The van der Waals surface area contributed by atoms with Gasteiger partial charge < -0.3 is 21.1 Å². The van der Waals surface area contributed by atoms with Crippen LogP contribution in [0, 0.1) is 0 Å². The lowest BCUT2D eigenvalue weighted by molar-refractivity contribution is -0.143. The van der Waals surface area contributed by atoms with E-state index in [1.165, 1.54) is 13.8 Å². The summed E-state index contributed by atoms with van der Waals surface area (Å²) >= 11 is 0. The minimum absolute atomic E-state index is 0.150. The Balaban J connectivity index is 2.50. The topological polar surface area (TPSA) is 95.7 Å². The molecular formula is C10H19N3O3. The van der Waals surface area contributed by atoms with Crippen molar-refractivity contribution < 1.29 is 14.7 Å². The number of carbonyl (C=O) groups excluding carboxylic acids is 1. The van der Waals surface area contributed by atoms with E-state index in [4.69, 9.17) is 10.8 Å². The van der Waals surface area contributed by atoms with Crippen LogP contribution < -0.4 is 11.1 Å². The Morgan fingerprint density at radius 3 is 2.31 bits per heavy atom. The summed E-state index contributed by atoms with van der Waals surface area (Å²) in [5.41, 5.74) is 4.48. The van der Waals surface area contributed by atoms with Crippen LogP contribution in [0.5, 0.6) is 0 Å². The second-order valence-electron chi connectivity index (χ2n) is 4.68. The van der Waals surface area contributed by atoms with Gasteiger partial charge in [0.2, 0.25) is 0 Å². The maximum Gasteiger partial charge on any atom is 0.328 e. The molecule has 6 heteroatoms. The summed E-state index contributed by atoms with van der Waals surface area (Å²) in [6, 6.07) is -0.184. The van der Waals surface area contributed by atoms with E-state index in [0.717, 1.165) is 12.8 Å². The van der Waals surface area contributed by atoms with E-state index in [-0.39, 0.29) is 12.1 Å². The third-order valence-corrected chi connectivity index (χ3v) is 2.78. The third-order valence-electron chi connectivity index (χ3n) is 2.78. The van der Waals surface area contributed by atoms with Gasteiger partial charge in [-0.2, -0.15) is 0 Å². The van der Waals surface area contributed by atoms with Crippen molar-refractivity contribution in [1.29, 1.82) is 0 Å². The highest BCUT2D eigenvalue weighted by Crippen LogP contribution is 2.10. The van der Waals surface area contributed by atoms with Gasteiger partial charge in [0.15, 0.2) is 0 Å². The van der Waals surface area contributed by atoms with Gasteiger partial charge in [0.05, 0.1) is 0 Å². The number of rotatable bonds is 2. The zero-order chi connectivity index (χ0) is 12.3. The lowest BCUT2D eigenvalue weighted by Crippen LogP contribution is -2.56. The van der Waals surface area contributed by atoms with E-state index in [1.807, 2.05) is 0 Å². The van der Waals surface area contributed by atoms with Crippen LogP contribution in [0.3, 0.4) is 0 Å². The van der Waals surface area contributed by atoms with Crippen molar-refractivity contribution in [2.75, 3.05) is 13.1 Å². The predicted octanol–water partition coefficient (Wildman–Crippen LogP) is -0.0177. The first-order valence-corrected chi connectivity index (χ1v) is 5.39. The SMILES string of the molecule is CC(C)(NC(=O)N1CCC(N)CC1)C(=O)O. The van der Waals surface area contributed by atoms with Gasteiger partial charge in [0.25, 0.3) is 0 Å². The van der Waals surface area contributed by atoms with Gasteiger partial charge in [0, 0.05) is 19.1 Å². The number of carboxylic acid groups (broad SMARTS) is 1. The van der Waals surface area contributed by atoms with Crippen molar-refractivity contribution in [3.63, 3.8) is 0 Å². The summed E-state index contributed by atoms with van der Waals surface area (Å²) in [5.74, 6) is -1.05. The summed E-state index contributed by atoms with van der Waals surface area (Å²) in [4.78, 5) is 24.2. The summed E-state index contributed by atoms with van der Waals surface area (Å²) in [6.07, 6.45) is 1.53. The van der Waals surface area contributed by atoms with Gasteiger partial charge in [-0.15, -0.1) is 0 Å². The number of carbonyl (C=O) groups is 2. The fourth-order valence-corrected chi connectivity index (χ4v) is 1.50. The molecule has 1 fully saturated rings. The number of nitrogens with zero attached hydrogens (tertiary/aromatic N) is 1. The molecule has 0 aromatic rings. The number of nitrogens with two attached hydrogens (primary N) is 1. The molecule has 1 aliphatic heterocycles. The van der Waals surface area contributed by atoms with Crippen molar-refractivity contribution in [2.45, 2.75) is 38.3 Å². The Morgan fingerprint density at radius 2 is 1.88 bits per heavy atom. The second kappa shape index (κ2) is 4.69. The smallest absolute Gasteiger partial charge is 0.328 e. The fraction of sp³-hybridized carbons (Fsp3) is 0.800. The standard InChI is InChI=1S/C10H19N3O3/c1-10(2,8(14)15)12-9(16)13-5-3-7(11)4-6-13/h7H,3-6,11H2,1-2H3,(H,12,16)(H,14,15). The van der Waals surface area contributed by atoms with Crippen molar-refractivity contribution in [3.05, 3.63) is 0 Å². The number of piperidine rings is 1. The van der Waals surface area contributed by atoms with Crippen molar-refractivity contribution in [1.82, 2.24) is 10.2 Å². The van der Waals surface area contributed by atoms with Crippen molar-refractivity contribution in [3.8, 4) is 0 Å². The van der Waals surface area contributed by atoms with Crippen molar-refractivity contribution >= 4 is 12.0 Å². The summed E-state index contributed by atoms with van der Waals surface area (Å²) in [6.45, 7) is 4.09. The second-order valence-corrected chi connectivity index (χ2v) is 4.68. The molecule has 6 nitrogen and oxygen atoms in total. The molecular weight excluding hydrogens is 210 g/mol. The summed E-state index contributed by atoms with van der Waals surface area (Å²) in [7, 11) is 0. The van der Waals surface area contributed by atoms with E-state index in [9.17, 15) is 9.59 Å². The van der Waals surface area contributed by atoms with Crippen LogP contribution in [0.25, 0.3) is 0 Å².